The van der Waals surface area contributed by atoms with Crippen molar-refractivity contribution in [1.82, 2.24) is 15.2 Å². The number of β-lactam (4-membered cyclic amide) rings is 1. The van der Waals surface area contributed by atoms with E-state index in [1.807, 2.05) is 36.0 Å². The van der Waals surface area contributed by atoms with Crippen LogP contribution in [0.1, 0.15) is 25.0 Å². The van der Waals surface area contributed by atoms with E-state index in [1.165, 1.54) is 11.5 Å². The van der Waals surface area contributed by atoms with Gasteiger partial charge in [-0.05, 0) is 30.6 Å². The highest BCUT2D eigenvalue weighted by Crippen LogP contribution is 2.38. The summed E-state index contributed by atoms with van der Waals surface area (Å²) in [4.78, 5) is 57.5. The lowest BCUT2D eigenvalue weighted by molar-refractivity contribution is -0.658. The van der Waals surface area contributed by atoms with Crippen LogP contribution in [0.2, 0.25) is 0 Å². The molecular formula is C24H23N7O6S. The Kier molecular flexibility index (Phi) is 6.40. The molecule has 0 spiro atoms. The standard InChI is InChI=1S/C24H23N7O6S/c1-29-8-3-2-4-16(29)30-9-7-13(21(30)33)10-12-5-6-15-18(22(34)31(15)19(12)23(35)36)27-20(32)17(28-37)14-11-38-24(25)26-14/h2-4,8,10-11,15,18H,5-7,9H2,1H3,(H4-,25,26,27,32,35,36,37)/t15-,18+/m1/s1. The average Bonchev–Trinajstić information content (AvgIpc) is 3.48. The van der Waals surface area contributed by atoms with Gasteiger partial charge < -0.3 is 31.1 Å². The molecule has 3 aliphatic rings. The number of aromatic nitrogens is 2. The molecule has 2 aromatic rings. The minimum atomic E-state index is -1.55. The first-order valence-corrected chi connectivity index (χ1v) is 12.6. The van der Waals surface area contributed by atoms with Gasteiger partial charge in [0.15, 0.2) is 10.8 Å². The van der Waals surface area contributed by atoms with Gasteiger partial charge >= 0.3 is 5.91 Å². The van der Waals surface area contributed by atoms with Gasteiger partial charge in [-0.3, -0.25) is 9.59 Å². The molecule has 5 heterocycles. The summed E-state index contributed by atoms with van der Waals surface area (Å²) in [6.45, 7) is 0.440. The summed E-state index contributed by atoms with van der Waals surface area (Å²) in [6, 6.07) is 3.83. The van der Waals surface area contributed by atoms with Gasteiger partial charge in [0.2, 0.25) is 0 Å². The first-order valence-electron chi connectivity index (χ1n) is 11.7. The molecule has 3 aliphatic heterocycles. The summed E-state index contributed by atoms with van der Waals surface area (Å²) >= 11 is 1.05. The normalized spacial score (nSPS) is 22.6. The Bertz CT molecular complexity index is 1460. The van der Waals surface area contributed by atoms with Gasteiger partial charge in [0.1, 0.15) is 11.7 Å². The Labute approximate surface area is 220 Å². The maximum atomic E-state index is 13.1. The van der Waals surface area contributed by atoms with Crippen molar-refractivity contribution in [3.05, 3.63) is 58.4 Å². The quantitative estimate of drug-likeness (QED) is 0.100. The molecule has 3 amide bonds. The van der Waals surface area contributed by atoms with E-state index >= 15 is 0 Å². The van der Waals surface area contributed by atoms with Gasteiger partial charge in [-0.15, -0.1) is 11.3 Å². The molecule has 2 atom stereocenters. The molecule has 0 aliphatic carbocycles. The molecule has 2 aromatic heterocycles. The zero-order chi connectivity index (χ0) is 27.1. The number of carboxylic acid groups (broad SMARTS) is 1. The van der Waals surface area contributed by atoms with Gasteiger partial charge in [-0.2, -0.15) is 4.90 Å². The monoisotopic (exact) mass is 537 g/mol. The number of anilines is 2. The Hall–Kier alpha value is -4.59. The molecule has 0 saturated carbocycles. The van der Waals surface area contributed by atoms with Crippen LogP contribution in [-0.4, -0.2) is 63.1 Å². The van der Waals surface area contributed by atoms with Crippen molar-refractivity contribution >= 4 is 51.7 Å². The lowest BCUT2D eigenvalue weighted by atomic mass is 9.82. The Morgan fingerprint density at radius 2 is 2.13 bits per heavy atom. The predicted octanol–water partition coefficient (Wildman–Crippen LogP) is -1.42. The number of pyridine rings is 1. The molecule has 0 unspecified atom stereocenters. The summed E-state index contributed by atoms with van der Waals surface area (Å²) in [5.74, 6) is -2.58. The van der Waals surface area contributed by atoms with E-state index in [-0.39, 0.29) is 28.9 Å². The minimum Gasteiger partial charge on any atom is -0.543 e. The largest absolute Gasteiger partial charge is 0.543 e. The fraction of sp³-hybridized carbons (Fsp3) is 0.292. The third-order valence-corrected chi connectivity index (χ3v) is 7.48. The number of hydrogen-bond donors (Lipinski definition) is 3. The van der Waals surface area contributed by atoms with E-state index in [4.69, 9.17) is 5.73 Å². The fourth-order valence-corrected chi connectivity index (χ4v) is 5.56. The van der Waals surface area contributed by atoms with E-state index < -0.39 is 35.6 Å². The maximum Gasteiger partial charge on any atom is 0.337 e. The molecule has 13 nitrogen and oxygen atoms in total. The van der Waals surface area contributed by atoms with Crippen molar-refractivity contribution < 1.29 is 34.1 Å². The zero-order valence-electron chi connectivity index (χ0n) is 20.2. The number of hydrogen-bond acceptors (Lipinski definition) is 10. The number of nitrogen functional groups attached to an aromatic ring is 1. The third-order valence-electron chi connectivity index (χ3n) is 6.81. The number of fused-ring (bicyclic) bond motifs is 1. The minimum absolute atomic E-state index is 0.0448. The number of carbonyl (C=O) groups is 4. The van der Waals surface area contributed by atoms with Crippen LogP contribution in [0.5, 0.6) is 0 Å². The molecule has 2 saturated heterocycles. The van der Waals surface area contributed by atoms with Crippen LogP contribution in [0.25, 0.3) is 0 Å². The highest BCUT2D eigenvalue weighted by molar-refractivity contribution is 7.13. The van der Waals surface area contributed by atoms with Crippen LogP contribution in [-0.2, 0) is 26.2 Å². The number of nitrogens with one attached hydrogen (secondary N) is 1. The number of aliphatic carboxylic acids is 1. The van der Waals surface area contributed by atoms with Crippen LogP contribution in [0.15, 0.2) is 57.9 Å². The predicted molar refractivity (Wildman–Crippen MR) is 131 cm³/mol. The molecule has 0 radical (unpaired) electrons. The van der Waals surface area contributed by atoms with E-state index in [0.717, 1.165) is 16.2 Å². The highest BCUT2D eigenvalue weighted by atomic mass is 32.1. The molecule has 14 heteroatoms. The van der Waals surface area contributed by atoms with Crippen LogP contribution < -0.4 is 25.6 Å². The molecule has 38 heavy (non-hydrogen) atoms. The maximum absolute atomic E-state index is 13.1. The first-order chi connectivity index (χ1) is 18.2. The van der Waals surface area contributed by atoms with Crippen LogP contribution in [0.4, 0.5) is 10.9 Å². The molecule has 0 aromatic carbocycles. The SMILES string of the molecule is C[n+]1ccccc1N1CCC(=CC2=C(C(=O)[O-])N3C(=O)[C@@H](NC(=O)/C(=N\O)c4csc(N)n4)[C@H]3CC2)C1=O. The summed E-state index contributed by atoms with van der Waals surface area (Å²) in [5.41, 5.74) is 5.63. The van der Waals surface area contributed by atoms with E-state index in [1.54, 1.807) is 4.90 Å². The Morgan fingerprint density at radius 3 is 2.79 bits per heavy atom. The number of oxime groups is 1. The van der Waals surface area contributed by atoms with E-state index in [2.05, 4.69) is 15.5 Å². The number of amides is 3. The van der Waals surface area contributed by atoms with Crippen molar-refractivity contribution in [2.75, 3.05) is 17.2 Å². The highest BCUT2D eigenvalue weighted by Gasteiger charge is 2.52. The molecule has 4 N–H and O–H groups in total. The Morgan fingerprint density at radius 1 is 1.34 bits per heavy atom. The lowest BCUT2D eigenvalue weighted by Gasteiger charge is -2.51. The summed E-state index contributed by atoms with van der Waals surface area (Å²) in [5, 5.41) is 28.5. The van der Waals surface area contributed by atoms with Crippen LogP contribution >= 0.6 is 11.3 Å². The van der Waals surface area contributed by atoms with Gasteiger partial charge in [0.05, 0.1) is 37.5 Å². The van der Waals surface area contributed by atoms with Gasteiger partial charge in [-0.25, -0.2) is 14.3 Å². The second kappa shape index (κ2) is 9.70. The topological polar surface area (TPSA) is 185 Å². The number of thiazole rings is 1. The Balaban J connectivity index is 1.36. The number of aryl methyl sites for hydroxylation is 1. The number of allylic oxidation sites excluding steroid dienone is 2. The van der Waals surface area contributed by atoms with Crippen molar-refractivity contribution in [3.63, 3.8) is 0 Å². The number of rotatable bonds is 6. The average molecular weight is 538 g/mol. The molecule has 196 valence electrons. The second-order valence-corrected chi connectivity index (χ2v) is 9.88. The summed E-state index contributed by atoms with van der Waals surface area (Å²) < 4.78 is 1.82. The van der Waals surface area contributed by atoms with Crippen molar-refractivity contribution in [3.8, 4) is 0 Å². The van der Waals surface area contributed by atoms with Gasteiger partial charge in [0, 0.05) is 23.4 Å². The molecule has 5 rings (SSSR count). The van der Waals surface area contributed by atoms with Crippen LogP contribution in [0, 0.1) is 0 Å². The molecule has 0 bridgehead atoms. The zero-order valence-corrected chi connectivity index (χ0v) is 21.0. The number of nitrogens with zero attached hydrogens (tertiary/aromatic N) is 5. The summed E-state index contributed by atoms with van der Waals surface area (Å²) in [7, 11) is 1.83. The molecule has 2 fully saturated rings. The number of carbonyl (C=O) groups excluding carboxylic acids is 4. The van der Waals surface area contributed by atoms with Gasteiger partial charge in [0.25, 0.3) is 17.6 Å². The van der Waals surface area contributed by atoms with E-state index in [9.17, 15) is 29.5 Å². The first kappa shape index (κ1) is 25.1. The van der Waals surface area contributed by atoms with Gasteiger partial charge in [-0.1, -0.05) is 11.2 Å². The van der Waals surface area contributed by atoms with Crippen LogP contribution in [0.3, 0.4) is 0 Å². The fourth-order valence-electron chi connectivity index (χ4n) is 5.01. The van der Waals surface area contributed by atoms with Crippen molar-refractivity contribution in [2.45, 2.75) is 31.3 Å². The van der Waals surface area contributed by atoms with E-state index in [0.29, 0.717) is 36.4 Å². The number of carboxylic acids is 1. The third kappa shape index (κ3) is 4.18. The van der Waals surface area contributed by atoms with Crippen molar-refractivity contribution in [2.24, 2.45) is 12.2 Å². The smallest absolute Gasteiger partial charge is 0.337 e. The lowest BCUT2D eigenvalue weighted by Crippen LogP contribution is -2.72. The second-order valence-electron chi connectivity index (χ2n) is 8.99. The van der Waals surface area contributed by atoms with Crippen molar-refractivity contribution in [1.29, 1.82) is 0 Å². The molecular weight excluding hydrogens is 514 g/mol. The number of nitrogens with two attached hydrogens (primary N) is 1. The summed E-state index contributed by atoms with van der Waals surface area (Å²) in [6.07, 6.45) is 4.37.